The molecule has 0 aromatic carbocycles. The number of nitrogens with zero attached hydrogens (tertiary/aromatic N) is 2. The second kappa shape index (κ2) is 6.06. The Kier molecular flexibility index (Phi) is 4.90. The number of methoxy groups -OCH3 is 1. The molecule has 20 heavy (non-hydrogen) atoms. The molecule has 0 aliphatic rings. The Balaban J connectivity index is 2.96. The van der Waals surface area contributed by atoms with Gasteiger partial charge in [-0.1, -0.05) is 0 Å². The molecule has 1 rings (SSSR count). The van der Waals surface area contributed by atoms with Gasteiger partial charge < -0.3 is 15.0 Å². The Morgan fingerprint density at radius 3 is 2.50 bits per heavy atom. The number of primary amides is 1. The number of nitrogens with two attached hydrogens (primary N) is 1. The zero-order chi connectivity index (χ0) is 15.5. The first-order chi connectivity index (χ1) is 9.20. The van der Waals surface area contributed by atoms with E-state index >= 15 is 0 Å². The molecule has 0 unspecified atom stereocenters. The summed E-state index contributed by atoms with van der Waals surface area (Å²) in [5, 5.41) is 0. The summed E-state index contributed by atoms with van der Waals surface area (Å²) in [7, 11) is 0.312. The van der Waals surface area contributed by atoms with Gasteiger partial charge in [-0.3, -0.25) is 9.59 Å². The number of ether oxygens (including phenoxy) is 1. The van der Waals surface area contributed by atoms with Gasteiger partial charge >= 0.3 is 5.97 Å². The van der Waals surface area contributed by atoms with Crippen molar-refractivity contribution < 1.29 is 22.7 Å². The number of carbonyl (C=O) groups excluding carboxylic acids is 2. The summed E-state index contributed by atoms with van der Waals surface area (Å²) in [4.78, 5) is 22.1. The molecule has 1 heterocycles. The Labute approximate surface area is 117 Å². The lowest BCUT2D eigenvalue weighted by molar-refractivity contribution is -0.140. The first-order valence-corrected chi connectivity index (χ1v) is 7.13. The number of aryl methyl sites for hydroxylation is 1. The third-order valence-corrected chi connectivity index (χ3v) is 4.62. The van der Waals surface area contributed by atoms with Crippen LogP contribution in [0.15, 0.2) is 17.2 Å². The Morgan fingerprint density at radius 2 is 2.05 bits per heavy atom. The maximum Gasteiger partial charge on any atom is 0.306 e. The van der Waals surface area contributed by atoms with Gasteiger partial charge in [-0.2, -0.15) is 0 Å². The SMILES string of the molecule is COC(=O)CCN(C)S(=O)(=O)c1cc(C(N)=O)n(C)c1. The summed E-state index contributed by atoms with van der Waals surface area (Å²) >= 11 is 0. The largest absolute Gasteiger partial charge is 0.469 e. The molecule has 0 aliphatic heterocycles. The maximum atomic E-state index is 12.2. The van der Waals surface area contributed by atoms with E-state index in [1.54, 1.807) is 0 Å². The van der Waals surface area contributed by atoms with Crippen molar-refractivity contribution in [2.45, 2.75) is 11.3 Å². The number of hydrogen-bond acceptors (Lipinski definition) is 5. The van der Waals surface area contributed by atoms with Crippen molar-refractivity contribution in [1.82, 2.24) is 8.87 Å². The number of sulfonamides is 1. The van der Waals surface area contributed by atoms with Crippen LogP contribution in [0.4, 0.5) is 0 Å². The third-order valence-electron chi connectivity index (χ3n) is 2.80. The highest BCUT2D eigenvalue weighted by Gasteiger charge is 2.24. The van der Waals surface area contributed by atoms with Crippen LogP contribution in [0.25, 0.3) is 0 Å². The van der Waals surface area contributed by atoms with Crippen LogP contribution in [0, 0.1) is 0 Å². The molecular weight excluding hydrogens is 286 g/mol. The van der Waals surface area contributed by atoms with Crippen LogP contribution in [0.2, 0.25) is 0 Å². The van der Waals surface area contributed by atoms with Crippen LogP contribution in [0.1, 0.15) is 16.9 Å². The van der Waals surface area contributed by atoms with Gasteiger partial charge in [0.1, 0.15) is 10.6 Å². The van der Waals surface area contributed by atoms with E-state index in [9.17, 15) is 18.0 Å². The molecule has 8 nitrogen and oxygen atoms in total. The van der Waals surface area contributed by atoms with Crippen molar-refractivity contribution >= 4 is 21.9 Å². The summed E-state index contributed by atoms with van der Waals surface area (Å²) in [6, 6.07) is 1.20. The van der Waals surface area contributed by atoms with Crippen LogP contribution in [-0.2, 0) is 26.6 Å². The minimum Gasteiger partial charge on any atom is -0.469 e. The van der Waals surface area contributed by atoms with Crippen molar-refractivity contribution in [1.29, 1.82) is 0 Å². The summed E-state index contributed by atoms with van der Waals surface area (Å²) in [6.07, 6.45) is 1.24. The van der Waals surface area contributed by atoms with Gasteiger partial charge in [-0.15, -0.1) is 0 Å². The second-order valence-corrected chi connectivity index (χ2v) is 6.23. The van der Waals surface area contributed by atoms with Crippen molar-refractivity contribution in [3.63, 3.8) is 0 Å². The Morgan fingerprint density at radius 1 is 1.45 bits per heavy atom. The number of aromatic nitrogens is 1. The summed E-state index contributed by atoms with van der Waals surface area (Å²) in [5.74, 6) is -1.22. The normalized spacial score (nSPS) is 11.6. The monoisotopic (exact) mass is 303 g/mol. The first-order valence-electron chi connectivity index (χ1n) is 5.69. The molecule has 0 saturated carbocycles. The molecule has 1 aromatic heterocycles. The van der Waals surface area contributed by atoms with Gasteiger partial charge in [0, 0.05) is 26.8 Å². The fourth-order valence-corrected chi connectivity index (χ4v) is 2.81. The zero-order valence-electron chi connectivity index (χ0n) is 11.5. The minimum absolute atomic E-state index is 0.0180. The molecule has 2 N–H and O–H groups in total. The second-order valence-electron chi connectivity index (χ2n) is 4.19. The van der Waals surface area contributed by atoms with E-state index in [-0.39, 0.29) is 23.6 Å². The average Bonchev–Trinajstić information content (AvgIpc) is 2.78. The van der Waals surface area contributed by atoms with Crippen LogP contribution in [-0.4, -0.2) is 49.9 Å². The number of hydrogen-bond donors (Lipinski definition) is 1. The lowest BCUT2D eigenvalue weighted by atomic mass is 10.4. The Bertz CT molecular complexity index is 620. The van der Waals surface area contributed by atoms with E-state index in [0.717, 1.165) is 4.31 Å². The van der Waals surface area contributed by atoms with E-state index in [0.29, 0.717) is 0 Å². The number of amides is 1. The molecule has 0 bridgehead atoms. The smallest absolute Gasteiger partial charge is 0.306 e. The predicted octanol–water partition coefficient (Wildman–Crippen LogP) is -0.692. The maximum absolute atomic E-state index is 12.2. The molecule has 0 saturated heterocycles. The lowest BCUT2D eigenvalue weighted by Gasteiger charge is -2.15. The average molecular weight is 303 g/mol. The van der Waals surface area contributed by atoms with Gasteiger partial charge in [0.05, 0.1) is 13.5 Å². The van der Waals surface area contributed by atoms with E-state index in [1.807, 2.05) is 0 Å². The highest BCUT2D eigenvalue weighted by atomic mass is 32.2. The van der Waals surface area contributed by atoms with Gasteiger partial charge in [0.2, 0.25) is 10.0 Å². The molecule has 0 atom stereocenters. The standard InChI is InChI=1S/C11H17N3O5S/c1-13-7-8(6-9(13)11(12)16)20(17,18)14(2)5-4-10(15)19-3/h6-7H,4-5H2,1-3H3,(H2,12,16). The van der Waals surface area contributed by atoms with Crippen molar-refractivity contribution in [3.8, 4) is 0 Å². The van der Waals surface area contributed by atoms with Crippen LogP contribution >= 0.6 is 0 Å². The fourth-order valence-electron chi connectivity index (χ4n) is 1.57. The van der Waals surface area contributed by atoms with Crippen molar-refractivity contribution in [2.75, 3.05) is 20.7 Å². The van der Waals surface area contributed by atoms with E-state index in [1.165, 1.54) is 38.0 Å². The fraction of sp³-hybridized carbons (Fsp3) is 0.455. The highest BCUT2D eigenvalue weighted by Crippen LogP contribution is 2.17. The molecule has 0 radical (unpaired) electrons. The molecule has 1 amide bonds. The lowest BCUT2D eigenvalue weighted by Crippen LogP contribution is -2.29. The van der Waals surface area contributed by atoms with Crippen LogP contribution in [0.3, 0.4) is 0 Å². The van der Waals surface area contributed by atoms with Crippen LogP contribution < -0.4 is 5.73 Å². The molecule has 112 valence electrons. The van der Waals surface area contributed by atoms with Gasteiger partial charge in [-0.05, 0) is 6.07 Å². The van der Waals surface area contributed by atoms with E-state index < -0.39 is 21.9 Å². The number of rotatable bonds is 6. The number of carbonyl (C=O) groups is 2. The first kappa shape index (κ1) is 16.2. The third kappa shape index (κ3) is 3.36. The van der Waals surface area contributed by atoms with E-state index in [4.69, 9.17) is 5.73 Å². The van der Waals surface area contributed by atoms with Gasteiger partial charge in [-0.25, -0.2) is 12.7 Å². The summed E-state index contributed by atoms with van der Waals surface area (Å²) in [6.45, 7) is -0.0180. The number of esters is 1. The van der Waals surface area contributed by atoms with Crippen LogP contribution in [0.5, 0.6) is 0 Å². The van der Waals surface area contributed by atoms with Crippen molar-refractivity contribution in [2.24, 2.45) is 12.8 Å². The zero-order valence-corrected chi connectivity index (χ0v) is 12.3. The van der Waals surface area contributed by atoms with Crippen molar-refractivity contribution in [3.05, 3.63) is 18.0 Å². The van der Waals surface area contributed by atoms with Gasteiger partial charge in [0.15, 0.2) is 0 Å². The summed E-state index contributed by atoms with van der Waals surface area (Å²) < 4.78 is 31.3. The minimum atomic E-state index is -3.78. The molecule has 0 spiro atoms. The molecule has 1 aromatic rings. The Hall–Kier alpha value is -1.87. The summed E-state index contributed by atoms with van der Waals surface area (Å²) in [5.41, 5.74) is 5.22. The van der Waals surface area contributed by atoms with Gasteiger partial charge in [0.25, 0.3) is 5.91 Å². The highest BCUT2D eigenvalue weighted by molar-refractivity contribution is 7.89. The predicted molar refractivity (Wildman–Crippen MR) is 70.4 cm³/mol. The van der Waals surface area contributed by atoms with E-state index in [2.05, 4.69) is 4.74 Å². The molecule has 9 heteroatoms. The molecule has 0 aliphatic carbocycles. The quantitative estimate of drug-likeness (QED) is 0.699. The molecule has 0 fully saturated rings. The topological polar surface area (TPSA) is 112 Å². The molecular formula is C11H17N3O5S.